The number of aryl methyl sites for hydroxylation is 1. The zero-order chi connectivity index (χ0) is 13.3. The second kappa shape index (κ2) is 4.98. The molecule has 2 rings (SSSR count). The van der Waals surface area contributed by atoms with E-state index in [2.05, 4.69) is 0 Å². The third-order valence-electron chi connectivity index (χ3n) is 3.64. The van der Waals surface area contributed by atoms with Crippen molar-refractivity contribution in [1.82, 2.24) is 4.90 Å². The summed E-state index contributed by atoms with van der Waals surface area (Å²) in [5, 5.41) is 9.80. The van der Waals surface area contributed by atoms with E-state index in [1.54, 1.807) is 18.2 Å². The fourth-order valence-electron chi connectivity index (χ4n) is 2.57. The Morgan fingerprint density at radius 1 is 1.56 bits per heavy atom. The second-order valence-corrected chi connectivity index (χ2v) is 5.16. The number of rotatable bonds is 2. The van der Waals surface area contributed by atoms with Crippen molar-refractivity contribution in [1.29, 1.82) is 0 Å². The zero-order valence-corrected chi connectivity index (χ0v) is 10.9. The van der Waals surface area contributed by atoms with Crippen molar-refractivity contribution in [3.63, 3.8) is 0 Å². The van der Waals surface area contributed by atoms with E-state index in [4.69, 9.17) is 5.73 Å². The molecule has 1 aliphatic rings. The Kier molecular flexibility index (Phi) is 3.57. The van der Waals surface area contributed by atoms with Crippen LogP contribution in [-0.4, -0.2) is 35.0 Å². The van der Waals surface area contributed by atoms with Gasteiger partial charge in [0.2, 0.25) is 0 Å². The zero-order valence-electron chi connectivity index (χ0n) is 10.9. The molecule has 1 saturated heterocycles. The van der Waals surface area contributed by atoms with Gasteiger partial charge in [0.1, 0.15) is 5.75 Å². The van der Waals surface area contributed by atoms with Crippen molar-refractivity contribution >= 4 is 5.91 Å². The smallest absolute Gasteiger partial charge is 0.257 e. The number of amides is 1. The molecule has 1 amide bonds. The molecule has 0 radical (unpaired) electrons. The van der Waals surface area contributed by atoms with Gasteiger partial charge in [-0.05, 0) is 44.9 Å². The highest BCUT2D eigenvalue weighted by atomic mass is 16.3. The number of nitrogens with zero attached hydrogens (tertiary/aromatic N) is 1. The average Bonchev–Trinajstić information content (AvgIpc) is 2.73. The van der Waals surface area contributed by atoms with Gasteiger partial charge in [0, 0.05) is 12.6 Å². The van der Waals surface area contributed by atoms with Crippen molar-refractivity contribution < 1.29 is 9.90 Å². The number of carbonyl (C=O) groups excluding carboxylic acids is 1. The van der Waals surface area contributed by atoms with E-state index < -0.39 is 0 Å². The highest BCUT2D eigenvalue weighted by Gasteiger charge is 2.32. The number of aromatic hydroxyl groups is 1. The first-order valence-electron chi connectivity index (χ1n) is 6.33. The second-order valence-electron chi connectivity index (χ2n) is 5.16. The summed E-state index contributed by atoms with van der Waals surface area (Å²) >= 11 is 0. The van der Waals surface area contributed by atoms with Gasteiger partial charge in [-0.25, -0.2) is 0 Å². The topological polar surface area (TPSA) is 66.6 Å². The Hall–Kier alpha value is -1.55. The Bertz CT molecular complexity index is 459. The van der Waals surface area contributed by atoms with Crippen LogP contribution in [0.25, 0.3) is 0 Å². The van der Waals surface area contributed by atoms with Crippen molar-refractivity contribution in [2.75, 3.05) is 13.1 Å². The lowest BCUT2D eigenvalue weighted by atomic mass is 10.1. The first-order chi connectivity index (χ1) is 8.52. The molecule has 1 aliphatic heterocycles. The molecule has 1 fully saturated rings. The minimum absolute atomic E-state index is 0.0500. The van der Waals surface area contributed by atoms with Crippen LogP contribution in [0.1, 0.15) is 29.3 Å². The predicted molar refractivity (Wildman–Crippen MR) is 70.5 cm³/mol. The molecule has 98 valence electrons. The van der Waals surface area contributed by atoms with E-state index in [0.29, 0.717) is 24.6 Å². The molecule has 2 unspecified atom stereocenters. The standard InChI is InChI=1S/C14H20N2O2/c1-9-3-4-13(17)12(5-9)14(18)16-8-11(7-15)6-10(16)2/h3-5,10-11,17H,6-8,15H2,1-2H3. The quantitative estimate of drug-likeness (QED) is 0.833. The number of benzene rings is 1. The molecular formula is C14H20N2O2. The third-order valence-corrected chi connectivity index (χ3v) is 3.64. The SMILES string of the molecule is Cc1ccc(O)c(C(=O)N2CC(CN)CC2C)c1. The fourth-order valence-corrected chi connectivity index (χ4v) is 2.57. The monoisotopic (exact) mass is 248 g/mol. The number of phenols is 1. The van der Waals surface area contributed by atoms with Gasteiger partial charge in [-0.15, -0.1) is 0 Å². The third kappa shape index (κ3) is 2.34. The van der Waals surface area contributed by atoms with Gasteiger partial charge < -0.3 is 15.7 Å². The molecule has 4 heteroatoms. The summed E-state index contributed by atoms with van der Waals surface area (Å²) in [6, 6.07) is 5.29. The number of carbonyl (C=O) groups is 1. The summed E-state index contributed by atoms with van der Waals surface area (Å²) in [7, 11) is 0. The highest BCUT2D eigenvalue weighted by molar-refractivity contribution is 5.97. The van der Waals surface area contributed by atoms with Crippen LogP contribution in [0.15, 0.2) is 18.2 Å². The molecule has 18 heavy (non-hydrogen) atoms. The maximum atomic E-state index is 12.4. The van der Waals surface area contributed by atoms with E-state index in [1.807, 2.05) is 18.7 Å². The maximum Gasteiger partial charge on any atom is 0.257 e. The van der Waals surface area contributed by atoms with Crippen LogP contribution in [0, 0.1) is 12.8 Å². The van der Waals surface area contributed by atoms with Gasteiger partial charge in [-0.3, -0.25) is 4.79 Å². The highest BCUT2D eigenvalue weighted by Crippen LogP contribution is 2.27. The Morgan fingerprint density at radius 3 is 2.89 bits per heavy atom. The molecule has 0 spiro atoms. The minimum atomic E-state index is -0.0975. The van der Waals surface area contributed by atoms with E-state index in [-0.39, 0.29) is 17.7 Å². The summed E-state index contributed by atoms with van der Waals surface area (Å²) in [4.78, 5) is 14.2. The van der Waals surface area contributed by atoms with Crippen molar-refractivity contribution in [2.24, 2.45) is 11.7 Å². The molecule has 0 aliphatic carbocycles. The molecule has 4 nitrogen and oxygen atoms in total. The van der Waals surface area contributed by atoms with Crippen LogP contribution in [0.2, 0.25) is 0 Å². The minimum Gasteiger partial charge on any atom is -0.507 e. The molecule has 0 aromatic heterocycles. The van der Waals surface area contributed by atoms with Gasteiger partial charge in [0.05, 0.1) is 5.56 Å². The molecule has 0 saturated carbocycles. The molecule has 0 bridgehead atoms. The Morgan fingerprint density at radius 2 is 2.28 bits per heavy atom. The molecule has 3 N–H and O–H groups in total. The fraction of sp³-hybridized carbons (Fsp3) is 0.500. The van der Waals surface area contributed by atoms with Crippen molar-refractivity contribution in [3.8, 4) is 5.75 Å². The van der Waals surface area contributed by atoms with E-state index in [1.165, 1.54) is 0 Å². The van der Waals surface area contributed by atoms with Gasteiger partial charge in [-0.1, -0.05) is 11.6 Å². The van der Waals surface area contributed by atoms with Crippen LogP contribution >= 0.6 is 0 Å². The number of phenolic OH excluding ortho intramolecular Hbond substituents is 1. The number of hydrogen-bond donors (Lipinski definition) is 2. The molecular weight excluding hydrogens is 228 g/mol. The molecule has 1 aromatic rings. The number of hydrogen-bond acceptors (Lipinski definition) is 3. The summed E-state index contributed by atoms with van der Waals surface area (Å²) < 4.78 is 0. The Labute approximate surface area is 107 Å². The van der Waals surface area contributed by atoms with Crippen LogP contribution in [0.5, 0.6) is 5.75 Å². The summed E-state index contributed by atoms with van der Waals surface area (Å²) in [5.41, 5.74) is 7.02. The van der Waals surface area contributed by atoms with E-state index >= 15 is 0 Å². The van der Waals surface area contributed by atoms with Crippen molar-refractivity contribution in [2.45, 2.75) is 26.3 Å². The van der Waals surface area contributed by atoms with E-state index in [9.17, 15) is 9.90 Å². The molecule has 2 atom stereocenters. The summed E-state index contributed by atoms with van der Waals surface area (Å²) in [6.45, 7) is 5.23. The van der Waals surface area contributed by atoms with Gasteiger partial charge >= 0.3 is 0 Å². The molecule has 1 heterocycles. The lowest BCUT2D eigenvalue weighted by Gasteiger charge is -2.22. The van der Waals surface area contributed by atoms with Gasteiger partial charge in [0.15, 0.2) is 0 Å². The van der Waals surface area contributed by atoms with Gasteiger partial charge in [0.25, 0.3) is 5.91 Å². The van der Waals surface area contributed by atoms with E-state index in [0.717, 1.165) is 12.0 Å². The number of nitrogens with two attached hydrogens (primary N) is 1. The average molecular weight is 248 g/mol. The Balaban J connectivity index is 2.24. The lowest BCUT2D eigenvalue weighted by molar-refractivity contribution is 0.0740. The first kappa shape index (κ1) is 12.9. The summed E-state index contributed by atoms with van der Waals surface area (Å²) in [6.07, 6.45) is 0.939. The first-order valence-corrected chi connectivity index (χ1v) is 6.33. The number of likely N-dealkylation sites (tertiary alicyclic amines) is 1. The maximum absolute atomic E-state index is 12.4. The summed E-state index contributed by atoms with van der Waals surface area (Å²) in [5.74, 6) is 0.324. The normalized spacial score (nSPS) is 23.4. The van der Waals surface area contributed by atoms with Crippen LogP contribution in [-0.2, 0) is 0 Å². The van der Waals surface area contributed by atoms with Gasteiger partial charge in [-0.2, -0.15) is 0 Å². The van der Waals surface area contributed by atoms with Crippen LogP contribution in [0.4, 0.5) is 0 Å². The van der Waals surface area contributed by atoms with Crippen LogP contribution in [0.3, 0.4) is 0 Å². The van der Waals surface area contributed by atoms with Crippen molar-refractivity contribution in [3.05, 3.63) is 29.3 Å². The lowest BCUT2D eigenvalue weighted by Crippen LogP contribution is -2.34. The predicted octanol–water partition coefficient (Wildman–Crippen LogP) is 1.51. The molecule has 1 aromatic carbocycles. The van der Waals surface area contributed by atoms with Crippen LogP contribution < -0.4 is 5.73 Å². The largest absolute Gasteiger partial charge is 0.507 e.